The van der Waals surface area contributed by atoms with Crippen LogP contribution in [0.4, 0.5) is 5.69 Å². The van der Waals surface area contributed by atoms with Crippen molar-refractivity contribution < 1.29 is 9.84 Å². The number of hydrogen-bond acceptors (Lipinski definition) is 3. The fourth-order valence-electron chi connectivity index (χ4n) is 2.02. The number of rotatable bonds is 6. The second kappa shape index (κ2) is 7.23. The monoisotopic (exact) mass is 305 g/mol. The fourth-order valence-corrected chi connectivity index (χ4v) is 2.20. The molecule has 0 aromatic heterocycles. The van der Waals surface area contributed by atoms with E-state index in [2.05, 4.69) is 12.2 Å². The number of ether oxygens (including phenoxy) is 1. The van der Waals surface area contributed by atoms with Crippen molar-refractivity contribution in [3.8, 4) is 11.5 Å². The topological polar surface area (TPSA) is 41.5 Å². The standard InChI is InChI=1S/C17H20ClNO2/c1-3-8-21-17-7-5-14(18)10-15(17)19-11-13-9-12(2)4-6-16(13)20/h4-7,9-10,19-20H,3,8,11H2,1-2H3. The Labute approximate surface area is 130 Å². The van der Waals surface area contributed by atoms with Gasteiger partial charge in [0.15, 0.2) is 0 Å². The van der Waals surface area contributed by atoms with Crippen LogP contribution < -0.4 is 10.1 Å². The molecule has 0 heterocycles. The molecule has 0 bridgehead atoms. The minimum absolute atomic E-state index is 0.283. The number of phenolic OH excluding ortho intramolecular Hbond substituents is 1. The van der Waals surface area contributed by atoms with Crippen LogP contribution in [0.25, 0.3) is 0 Å². The number of aromatic hydroxyl groups is 1. The zero-order valence-corrected chi connectivity index (χ0v) is 13.1. The Bertz CT molecular complexity index is 614. The molecule has 2 aromatic carbocycles. The number of halogens is 1. The van der Waals surface area contributed by atoms with E-state index in [-0.39, 0.29) is 5.75 Å². The molecule has 0 aliphatic carbocycles. The van der Waals surface area contributed by atoms with Crippen molar-refractivity contribution in [2.75, 3.05) is 11.9 Å². The van der Waals surface area contributed by atoms with Crippen molar-refractivity contribution in [3.63, 3.8) is 0 Å². The molecule has 4 heteroatoms. The van der Waals surface area contributed by atoms with Crippen LogP contribution in [-0.2, 0) is 6.54 Å². The van der Waals surface area contributed by atoms with Gasteiger partial charge in [0.1, 0.15) is 11.5 Å². The number of benzene rings is 2. The summed E-state index contributed by atoms with van der Waals surface area (Å²) < 4.78 is 5.70. The molecule has 2 rings (SSSR count). The average molecular weight is 306 g/mol. The second-order valence-electron chi connectivity index (χ2n) is 4.97. The molecular weight excluding hydrogens is 286 g/mol. The van der Waals surface area contributed by atoms with Gasteiger partial charge in [-0.05, 0) is 37.6 Å². The molecule has 0 atom stereocenters. The highest BCUT2D eigenvalue weighted by molar-refractivity contribution is 6.30. The lowest BCUT2D eigenvalue weighted by molar-refractivity contribution is 0.319. The van der Waals surface area contributed by atoms with Crippen LogP contribution in [-0.4, -0.2) is 11.7 Å². The molecular formula is C17H20ClNO2. The summed E-state index contributed by atoms with van der Waals surface area (Å²) >= 11 is 6.04. The predicted octanol–water partition coefficient (Wildman–Crippen LogP) is 4.75. The molecule has 0 unspecified atom stereocenters. The van der Waals surface area contributed by atoms with Crippen LogP contribution >= 0.6 is 11.6 Å². The van der Waals surface area contributed by atoms with Gasteiger partial charge in [-0.3, -0.25) is 0 Å². The largest absolute Gasteiger partial charge is 0.508 e. The van der Waals surface area contributed by atoms with E-state index in [1.54, 1.807) is 6.07 Å². The molecule has 21 heavy (non-hydrogen) atoms. The van der Waals surface area contributed by atoms with Gasteiger partial charge in [-0.2, -0.15) is 0 Å². The molecule has 2 N–H and O–H groups in total. The van der Waals surface area contributed by atoms with Gasteiger partial charge < -0.3 is 15.2 Å². The zero-order chi connectivity index (χ0) is 15.2. The number of anilines is 1. The molecule has 112 valence electrons. The van der Waals surface area contributed by atoms with E-state index in [0.717, 1.165) is 29.0 Å². The lowest BCUT2D eigenvalue weighted by Crippen LogP contribution is -2.04. The lowest BCUT2D eigenvalue weighted by atomic mass is 10.1. The molecule has 0 fully saturated rings. The first kappa shape index (κ1) is 15.5. The van der Waals surface area contributed by atoms with E-state index in [0.29, 0.717) is 18.2 Å². The van der Waals surface area contributed by atoms with Crippen LogP contribution in [0, 0.1) is 6.92 Å². The van der Waals surface area contributed by atoms with Crippen LogP contribution in [0.15, 0.2) is 36.4 Å². The Morgan fingerprint density at radius 1 is 1.19 bits per heavy atom. The Hall–Kier alpha value is -1.87. The molecule has 2 aromatic rings. The Balaban J connectivity index is 2.14. The summed E-state index contributed by atoms with van der Waals surface area (Å²) in [6.45, 7) is 5.23. The van der Waals surface area contributed by atoms with Crippen molar-refractivity contribution in [3.05, 3.63) is 52.5 Å². The maximum Gasteiger partial charge on any atom is 0.142 e. The molecule has 0 spiro atoms. The van der Waals surface area contributed by atoms with E-state index in [1.807, 2.05) is 37.3 Å². The molecule has 0 amide bonds. The van der Waals surface area contributed by atoms with Crippen LogP contribution in [0.1, 0.15) is 24.5 Å². The smallest absolute Gasteiger partial charge is 0.142 e. The summed E-state index contributed by atoms with van der Waals surface area (Å²) in [6.07, 6.45) is 0.945. The molecule has 0 radical (unpaired) electrons. The predicted molar refractivity (Wildman–Crippen MR) is 87.4 cm³/mol. The number of nitrogens with one attached hydrogen (secondary N) is 1. The van der Waals surface area contributed by atoms with Gasteiger partial charge in [0.05, 0.1) is 12.3 Å². The van der Waals surface area contributed by atoms with Gasteiger partial charge in [0, 0.05) is 17.1 Å². The molecule has 0 saturated carbocycles. The van der Waals surface area contributed by atoms with E-state index < -0.39 is 0 Å². The number of phenols is 1. The fraction of sp³-hybridized carbons (Fsp3) is 0.294. The number of hydrogen-bond donors (Lipinski definition) is 2. The minimum atomic E-state index is 0.283. The van der Waals surface area contributed by atoms with Crippen molar-refractivity contribution in [1.29, 1.82) is 0 Å². The van der Waals surface area contributed by atoms with Crippen molar-refractivity contribution in [1.82, 2.24) is 0 Å². The summed E-state index contributed by atoms with van der Waals surface area (Å²) in [7, 11) is 0. The molecule has 0 saturated heterocycles. The maximum atomic E-state index is 9.88. The Morgan fingerprint density at radius 3 is 2.76 bits per heavy atom. The van der Waals surface area contributed by atoms with Crippen LogP contribution in [0.3, 0.4) is 0 Å². The lowest BCUT2D eigenvalue weighted by Gasteiger charge is -2.14. The third kappa shape index (κ3) is 4.30. The van der Waals surface area contributed by atoms with Gasteiger partial charge in [0.2, 0.25) is 0 Å². The van der Waals surface area contributed by atoms with Crippen molar-refractivity contribution >= 4 is 17.3 Å². The van der Waals surface area contributed by atoms with Crippen LogP contribution in [0.5, 0.6) is 11.5 Å². The Kier molecular flexibility index (Phi) is 5.34. The minimum Gasteiger partial charge on any atom is -0.508 e. The van der Waals surface area contributed by atoms with Crippen molar-refractivity contribution in [2.45, 2.75) is 26.8 Å². The quantitative estimate of drug-likeness (QED) is 0.809. The van der Waals surface area contributed by atoms with Gasteiger partial charge >= 0.3 is 0 Å². The molecule has 3 nitrogen and oxygen atoms in total. The van der Waals surface area contributed by atoms with E-state index in [9.17, 15) is 5.11 Å². The third-order valence-electron chi connectivity index (χ3n) is 3.11. The highest BCUT2D eigenvalue weighted by Crippen LogP contribution is 2.29. The number of aryl methyl sites for hydroxylation is 1. The summed E-state index contributed by atoms with van der Waals surface area (Å²) in [5.41, 5.74) is 2.78. The average Bonchev–Trinajstić information content (AvgIpc) is 2.47. The second-order valence-corrected chi connectivity index (χ2v) is 5.41. The summed E-state index contributed by atoms with van der Waals surface area (Å²) in [6, 6.07) is 11.0. The van der Waals surface area contributed by atoms with Crippen LogP contribution in [0.2, 0.25) is 5.02 Å². The van der Waals surface area contributed by atoms with Crippen molar-refractivity contribution in [2.24, 2.45) is 0 Å². The summed E-state index contributed by atoms with van der Waals surface area (Å²) in [5.74, 6) is 1.06. The Morgan fingerprint density at radius 2 is 2.00 bits per heavy atom. The van der Waals surface area contributed by atoms with Gasteiger partial charge in [-0.25, -0.2) is 0 Å². The third-order valence-corrected chi connectivity index (χ3v) is 3.34. The zero-order valence-electron chi connectivity index (χ0n) is 12.3. The van der Waals surface area contributed by atoms with Gasteiger partial charge in [0.25, 0.3) is 0 Å². The SMILES string of the molecule is CCCOc1ccc(Cl)cc1NCc1cc(C)ccc1O. The summed E-state index contributed by atoms with van der Waals surface area (Å²) in [4.78, 5) is 0. The first-order valence-corrected chi connectivity index (χ1v) is 7.42. The van der Waals surface area contributed by atoms with E-state index in [1.165, 1.54) is 0 Å². The molecule has 0 aliphatic rings. The van der Waals surface area contributed by atoms with Gasteiger partial charge in [-0.1, -0.05) is 36.2 Å². The van der Waals surface area contributed by atoms with E-state index in [4.69, 9.17) is 16.3 Å². The first-order valence-electron chi connectivity index (χ1n) is 7.05. The highest BCUT2D eigenvalue weighted by Gasteiger charge is 2.07. The van der Waals surface area contributed by atoms with Gasteiger partial charge in [-0.15, -0.1) is 0 Å². The summed E-state index contributed by atoms with van der Waals surface area (Å²) in [5, 5.41) is 13.8. The maximum absolute atomic E-state index is 9.88. The normalized spacial score (nSPS) is 10.4. The first-order chi connectivity index (χ1) is 10.1. The van der Waals surface area contributed by atoms with E-state index >= 15 is 0 Å². The molecule has 0 aliphatic heterocycles. The highest BCUT2D eigenvalue weighted by atomic mass is 35.5.